The zero-order valence-corrected chi connectivity index (χ0v) is 25.9. The number of ether oxygens (including phenoxy) is 1. The maximum absolute atomic E-state index is 12.3. The van der Waals surface area contributed by atoms with Gasteiger partial charge >= 0.3 is 5.97 Å². The molecule has 234 valence electrons. The second-order valence-electron chi connectivity index (χ2n) is 12.0. The molecule has 0 bridgehead atoms. The lowest BCUT2D eigenvalue weighted by atomic mass is 10.2. The van der Waals surface area contributed by atoms with Gasteiger partial charge in [-0.3, -0.25) is 18.7 Å². The van der Waals surface area contributed by atoms with Crippen molar-refractivity contribution >= 4 is 17.3 Å². The molecule has 2 fully saturated rings. The average Bonchev–Trinajstić information content (AvgIpc) is 4.02. The molecule has 46 heavy (non-hydrogen) atoms. The van der Waals surface area contributed by atoms with Crippen LogP contribution in [0, 0.1) is 13.8 Å². The maximum Gasteiger partial charge on any atom is 0.338 e. The van der Waals surface area contributed by atoms with E-state index in [0.717, 1.165) is 39.8 Å². The summed E-state index contributed by atoms with van der Waals surface area (Å²) in [4.78, 5) is 45.4. The second-order valence-corrected chi connectivity index (χ2v) is 12.0. The van der Waals surface area contributed by atoms with Crippen molar-refractivity contribution in [1.29, 1.82) is 0 Å². The maximum atomic E-state index is 12.3. The predicted molar refractivity (Wildman–Crippen MR) is 172 cm³/mol. The van der Waals surface area contributed by atoms with Crippen LogP contribution in [0.4, 0.5) is 0 Å². The van der Waals surface area contributed by atoms with Crippen molar-refractivity contribution < 1.29 is 14.6 Å². The molecule has 2 aliphatic carbocycles. The Hall–Kier alpha value is -5.29. The number of imidazole rings is 2. The number of nitrogens with zero attached hydrogens (tertiary/aromatic N) is 6. The number of aryl methyl sites for hydroxylation is 2. The minimum Gasteiger partial charge on any atom is -0.465 e. The highest BCUT2D eigenvalue weighted by molar-refractivity contribution is 5.89. The summed E-state index contributed by atoms with van der Waals surface area (Å²) in [5, 5.41) is 9.10. The topological polar surface area (TPSA) is 125 Å². The van der Waals surface area contributed by atoms with E-state index in [9.17, 15) is 14.4 Å². The summed E-state index contributed by atoms with van der Waals surface area (Å²) < 4.78 is 11.8. The van der Waals surface area contributed by atoms with Gasteiger partial charge in [0.1, 0.15) is 11.3 Å². The largest absolute Gasteiger partial charge is 0.465 e. The predicted octanol–water partition coefficient (Wildman–Crippen LogP) is 4.62. The Balaban J connectivity index is 0.000000147. The lowest BCUT2D eigenvalue weighted by Gasteiger charge is -2.08. The van der Waals surface area contributed by atoms with Crippen LogP contribution in [0.1, 0.15) is 76.2 Å². The highest BCUT2D eigenvalue weighted by Gasteiger charge is 2.29. The average molecular weight is 619 g/mol. The Labute approximate surface area is 264 Å². The van der Waals surface area contributed by atoms with E-state index in [1.807, 2.05) is 41.1 Å². The Kier molecular flexibility index (Phi) is 7.40. The van der Waals surface area contributed by atoms with E-state index in [-0.39, 0.29) is 23.3 Å². The molecule has 1 N–H and O–H groups in total. The fourth-order valence-corrected chi connectivity index (χ4v) is 5.88. The summed E-state index contributed by atoms with van der Waals surface area (Å²) in [5.74, 6) is 0.666. The smallest absolute Gasteiger partial charge is 0.338 e. The molecule has 2 aliphatic rings. The molecule has 0 spiro atoms. The molecule has 11 heteroatoms. The van der Waals surface area contributed by atoms with Crippen molar-refractivity contribution in [2.24, 2.45) is 0 Å². The van der Waals surface area contributed by atoms with Crippen LogP contribution in [0.3, 0.4) is 0 Å². The van der Waals surface area contributed by atoms with Gasteiger partial charge in [-0.1, -0.05) is 0 Å². The SMILES string of the molecule is COC(=O)c1ccn(-c2ccc3nc(C4CC4)c(C)n3c2)c(=O)c1.Cc1c(C2CC2)nc2ccc(-n3ccc(CO)cc3=O)cn12. The molecule has 2 saturated carbocycles. The van der Waals surface area contributed by atoms with E-state index in [4.69, 9.17) is 15.1 Å². The van der Waals surface area contributed by atoms with Crippen LogP contribution in [0.15, 0.2) is 82.9 Å². The summed E-state index contributed by atoms with van der Waals surface area (Å²) in [6.45, 7) is 4.01. The molecule has 0 aliphatic heterocycles. The van der Waals surface area contributed by atoms with Crippen LogP contribution in [0.2, 0.25) is 0 Å². The third kappa shape index (κ3) is 5.43. The summed E-state index contributed by atoms with van der Waals surface area (Å²) >= 11 is 0. The zero-order chi connectivity index (χ0) is 32.1. The van der Waals surface area contributed by atoms with Gasteiger partial charge in [-0.05, 0) is 81.5 Å². The highest BCUT2D eigenvalue weighted by atomic mass is 16.5. The number of aromatic nitrogens is 6. The first-order valence-corrected chi connectivity index (χ1v) is 15.4. The van der Waals surface area contributed by atoms with E-state index >= 15 is 0 Å². The third-order valence-electron chi connectivity index (χ3n) is 8.75. The number of methoxy groups -OCH3 is 1. The van der Waals surface area contributed by atoms with Crippen molar-refractivity contribution in [2.75, 3.05) is 7.11 Å². The van der Waals surface area contributed by atoms with Gasteiger partial charge in [-0.15, -0.1) is 0 Å². The van der Waals surface area contributed by atoms with Crippen molar-refractivity contribution in [3.05, 3.63) is 128 Å². The Morgan fingerprint density at radius 1 is 0.783 bits per heavy atom. The summed E-state index contributed by atoms with van der Waals surface area (Å²) in [6, 6.07) is 13.7. The minimum atomic E-state index is -0.519. The van der Waals surface area contributed by atoms with Crippen LogP contribution >= 0.6 is 0 Å². The van der Waals surface area contributed by atoms with E-state index in [0.29, 0.717) is 17.4 Å². The number of pyridine rings is 4. The molecule has 6 heterocycles. The quantitative estimate of drug-likeness (QED) is 0.270. The van der Waals surface area contributed by atoms with Gasteiger partial charge < -0.3 is 18.6 Å². The Morgan fingerprint density at radius 3 is 1.72 bits per heavy atom. The Bertz CT molecular complexity index is 2250. The van der Waals surface area contributed by atoms with Crippen molar-refractivity contribution in [1.82, 2.24) is 27.9 Å². The fourth-order valence-electron chi connectivity index (χ4n) is 5.88. The monoisotopic (exact) mass is 618 g/mol. The van der Waals surface area contributed by atoms with Crippen LogP contribution in [-0.4, -0.2) is 46.1 Å². The number of carbonyl (C=O) groups excluding carboxylic acids is 1. The molecule has 0 amide bonds. The van der Waals surface area contributed by atoms with Gasteiger partial charge in [0, 0.05) is 60.1 Å². The molecule has 0 radical (unpaired) electrons. The van der Waals surface area contributed by atoms with Gasteiger partial charge in [0.05, 0.1) is 42.0 Å². The molecule has 0 aromatic carbocycles. The third-order valence-corrected chi connectivity index (χ3v) is 8.75. The number of hydrogen-bond acceptors (Lipinski definition) is 7. The van der Waals surface area contributed by atoms with Gasteiger partial charge in [-0.25, -0.2) is 14.8 Å². The lowest BCUT2D eigenvalue weighted by molar-refractivity contribution is 0.0600. The molecule has 8 rings (SSSR count). The van der Waals surface area contributed by atoms with Crippen molar-refractivity contribution in [3.63, 3.8) is 0 Å². The van der Waals surface area contributed by atoms with E-state index in [1.165, 1.54) is 55.2 Å². The molecule has 11 nitrogen and oxygen atoms in total. The second kappa shape index (κ2) is 11.6. The standard InChI is InChI=1S/C18H17N3O3.C17H17N3O2/c1-11-17(12-3-4-12)19-15-6-5-14(10-21(11)15)20-8-7-13(9-16(20)22)18(23)24-2;1-11-17(13-2-3-13)18-15-5-4-14(9-20(11)15)19-7-6-12(10-21)8-16(19)22/h5-10,12H,3-4H2,1-2H3;4-9,13,21H,2-3,10H2,1H3. The van der Waals surface area contributed by atoms with Gasteiger partial charge in [-0.2, -0.15) is 0 Å². The number of esters is 1. The Morgan fingerprint density at radius 2 is 1.28 bits per heavy atom. The van der Waals surface area contributed by atoms with E-state index in [2.05, 4.69) is 23.0 Å². The number of aliphatic hydroxyl groups excluding tert-OH is 1. The van der Waals surface area contributed by atoms with E-state index in [1.54, 1.807) is 29.1 Å². The molecule has 0 unspecified atom stereocenters. The first-order valence-electron chi connectivity index (χ1n) is 15.4. The van der Waals surface area contributed by atoms with Crippen LogP contribution in [0.5, 0.6) is 0 Å². The summed E-state index contributed by atoms with van der Waals surface area (Å²) in [6.07, 6.45) is 12.0. The number of carbonyl (C=O) groups is 1. The molecule has 0 atom stereocenters. The normalized spacial score (nSPS) is 14.3. The van der Waals surface area contributed by atoms with Crippen molar-refractivity contribution in [2.45, 2.75) is 58.0 Å². The fraction of sp³-hybridized carbons (Fsp3) is 0.286. The first-order chi connectivity index (χ1) is 22.2. The van der Waals surface area contributed by atoms with Gasteiger partial charge in [0.2, 0.25) is 0 Å². The van der Waals surface area contributed by atoms with Gasteiger partial charge in [0.25, 0.3) is 11.1 Å². The van der Waals surface area contributed by atoms with Gasteiger partial charge in [0.15, 0.2) is 0 Å². The van der Waals surface area contributed by atoms with Crippen LogP contribution in [-0.2, 0) is 11.3 Å². The number of rotatable bonds is 6. The minimum absolute atomic E-state index is 0.125. The number of hydrogen-bond donors (Lipinski definition) is 1. The summed E-state index contributed by atoms with van der Waals surface area (Å²) in [5.41, 5.74) is 8.38. The molecule has 0 saturated heterocycles. The summed E-state index contributed by atoms with van der Waals surface area (Å²) in [7, 11) is 1.29. The van der Waals surface area contributed by atoms with Crippen LogP contribution in [0.25, 0.3) is 22.7 Å². The zero-order valence-electron chi connectivity index (χ0n) is 25.9. The number of fused-ring (bicyclic) bond motifs is 2. The van der Waals surface area contributed by atoms with Crippen LogP contribution < -0.4 is 11.1 Å². The molecule has 6 aromatic rings. The number of aliphatic hydroxyl groups is 1. The van der Waals surface area contributed by atoms with Crippen molar-refractivity contribution in [3.8, 4) is 11.4 Å². The first kappa shape index (κ1) is 29.4. The molecular weight excluding hydrogens is 584 g/mol. The van der Waals surface area contributed by atoms with E-state index < -0.39 is 5.97 Å². The molecule has 6 aromatic heterocycles. The highest BCUT2D eigenvalue weighted by Crippen LogP contribution is 2.42. The molecular formula is C35H34N6O5. The lowest BCUT2D eigenvalue weighted by Crippen LogP contribution is -2.19.